The van der Waals surface area contributed by atoms with Crippen LogP contribution in [-0.2, 0) is 20.9 Å². The number of ether oxygens (including phenoxy) is 5. The van der Waals surface area contributed by atoms with Crippen LogP contribution in [0, 0.1) is 5.92 Å². The van der Waals surface area contributed by atoms with Crippen molar-refractivity contribution in [1.82, 2.24) is 20.4 Å². The molecule has 4 aliphatic heterocycles. The van der Waals surface area contributed by atoms with E-state index in [0.717, 1.165) is 10.5 Å². The number of hydrogen-bond donors (Lipinski definition) is 6. The highest BCUT2D eigenvalue weighted by atomic mass is 16.6. The number of benzene rings is 3. The topological polar surface area (TPSA) is 279 Å². The molecule has 0 aromatic heterocycles. The molecule has 73 heavy (non-hydrogen) atoms. The number of primary amides is 1. The quantitative estimate of drug-likeness (QED) is 0.0612. The summed E-state index contributed by atoms with van der Waals surface area (Å²) in [6.07, 6.45) is 2.73. The summed E-state index contributed by atoms with van der Waals surface area (Å²) in [5.74, 6) is -0.363. The fraction of sp³-hybridized carbons (Fsp3) is 0.442. The Morgan fingerprint density at radius 1 is 0.822 bits per heavy atom. The highest BCUT2D eigenvalue weighted by Gasteiger charge is 2.46. The lowest BCUT2D eigenvalue weighted by Crippen LogP contribution is -2.51. The number of urea groups is 1. The number of carbonyl (C=O) groups excluding carboxylic acids is 6. The summed E-state index contributed by atoms with van der Waals surface area (Å²) < 4.78 is 29.4. The number of nitrogens with zero attached hydrogens (tertiary/aromatic N) is 4. The molecule has 4 aliphatic rings. The van der Waals surface area contributed by atoms with E-state index >= 15 is 0 Å². The van der Waals surface area contributed by atoms with Crippen LogP contribution in [0.15, 0.2) is 77.8 Å². The maximum absolute atomic E-state index is 14.1. The molecular weight excluding hydrogens is 943 g/mol. The van der Waals surface area contributed by atoms with Crippen LogP contribution in [0.1, 0.15) is 85.1 Å². The van der Waals surface area contributed by atoms with E-state index in [9.17, 15) is 33.9 Å². The predicted molar refractivity (Wildman–Crippen MR) is 271 cm³/mol. The van der Waals surface area contributed by atoms with Gasteiger partial charge in [-0.05, 0) is 80.7 Å². The van der Waals surface area contributed by atoms with Gasteiger partial charge < -0.3 is 66.0 Å². The third-order valence-corrected chi connectivity index (χ3v) is 13.1. The number of nitrogens with two attached hydrogens (primary N) is 2. The maximum atomic E-state index is 14.1. The Labute approximate surface area is 423 Å². The Kier molecular flexibility index (Phi) is 17.3. The average Bonchev–Trinajstić information content (AvgIpc) is 3.91. The van der Waals surface area contributed by atoms with Crippen molar-refractivity contribution in [1.29, 1.82) is 0 Å². The molecule has 7 rings (SSSR count). The zero-order chi connectivity index (χ0) is 52.5. The van der Waals surface area contributed by atoms with Gasteiger partial charge in [-0.3, -0.25) is 24.2 Å². The van der Waals surface area contributed by atoms with E-state index in [1.807, 2.05) is 0 Å². The first kappa shape index (κ1) is 53.2. The van der Waals surface area contributed by atoms with E-state index in [1.165, 1.54) is 31.3 Å². The highest BCUT2D eigenvalue weighted by molar-refractivity contribution is 6.06. The number of aliphatic hydroxyl groups excluding tert-OH is 1. The molecular formula is C52H65N9O12. The van der Waals surface area contributed by atoms with E-state index in [2.05, 4.69) is 34.1 Å². The second-order valence-electron chi connectivity index (χ2n) is 18.8. The lowest BCUT2D eigenvalue weighted by molar-refractivity contribution is -0.128. The third kappa shape index (κ3) is 12.5. The zero-order valence-electron chi connectivity index (χ0n) is 41.6. The molecule has 21 heteroatoms. The number of amides is 7. The second kappa shape index (κ2) is 23.7. The number of carbonyl (C=O) groups is 6. The number of hydrogen-bond acceptors (Lipinski definition) is 14. The number of aliphatic hydroxyl groups is 1. The Morgan fingerprint density at radius 3 is 2.11 bits per heavy atom. The lowest BCUT2D eigenvalue weighted by atomic mass is 10.0. The van der Waals surface area contributed by atoms with Crippen LogP contribution >= 0.6 is 0 Å². The predicted octanol–water partition coefficient (Wildman–Crippen LogP) is 4.92. The van der Waals surface area contributed by atoms with Crippen LogP contribution in [0.25, 0.3) is 0 Å². The van der Waals surface area contributed by atoms with Gasteiger partial charge in [0.05, 0.1) is 68.1 Å². The summed E-state index contributed by atoms with van der Waals surface area (Å²) in [6.45, 7) is 12.9. The van der Waals surface area contributed by atoms with Crippen LogP contribution in [0.2, 0.25) is 0 Å². The molecule has 7 amide bonds. The fourth-order valence-corrected chi connectivity index (χ4v) is 9.02. The van der Waals surface area contributed by atoms with Gasteiger partial charge in [-0.25, -0.2) is 14.5 Å². The molecule has 4 heterocycles. The van der Waals surface area contributed by atoms with Gasteiger partial charge in [-0.15, -0.1) is 0 Å². The summed E-state index contributed by atoms with van der Waals surface area (Å²) in [5, 5.41) is 19.8. The van der Waals surface area contributed by atoms with E-state index in [4.69, 9.17) is 35.2 Å². The fourth-order valence-electron chi connectivity index (χ4n) is 9.02. The van der Waals surface area contributed by atoms with Gasteiger partial charge in [0.25, 0.3) is 11.8 Å². The van der Waals surface area contributed by atoms with E-state index in [1.54, 1.807) is 61.4 Å². The van der Waals surface area contributed by atoms with Gasteiger partial charge in [0, 0.05) is 43.7 Å². The molecule has 0 radical (unpaired) electrons. The van der Waals surface area contributed by atoms with Gasteiger partial charge >= 0.3 is 12.1 Å². The second-order valence-corrected chi connectivity index (χ2v) is 18.8. The molecule has 5 atom stereocenters. The van der Waals surface area contributed by atoms with Crippen molar-refractivity contribution >= 4 is 59.0 Å². The molecule has 3 aromatic rings. The molecule has 8 N–H and O–H groups in total. The van der Waals surface area contributed by atoms with Gasteiger partial charge in [0.2, 0.25) is 11.8 Å². The lowest BCUT2D eigenvalue weighted by Gasteiger charge is -2.31. The molecule has 2 unspecified atom stereocenters. The highest BCUT2D eigenvalue weighted by Crippen LogP contribution is 2.43. The van der Waals surface area contributed by atoms with Crippen LogP contribution in [0.4, 0.5) is 26.7 Å². The van der Waals surface area contributed by atoms with Crippen LogP contribution < -0.4 is 51.3 Å². The molecule has 0 spiro atoms. The smallest absolute Gasteiger partial charge is 0.416 e. The molecule has 2 saturated heterocycles. The first-order chi connectivity index (χ1) is 35.0. The first-order valence-electron chi connectivity index (χ1n) is 24.3. The normalized spacial score (nSPS) is 18.7. The average molecular weight is 1010 g/mol. The van der Waals surface area contributed by atoms with Crippen molar-refractivity contribution < 1.29 is 57.6 Å². The molecule has 0 saturated carbocycles. The Hall–Kier alpha value is -7.65. The first-order valence-corrected chi connectivity index (χ1v) is 24.3. The monoisotopic (exact) mass is 1010 g/mol. The van der Waals surface area contributed by atoms with Gasteiger partial charge in [0.1, 0.15) is 12.6 Å². The molecule has 390 valence electrons. The summed E-state index contributed by atoms with van der Waals surface area (Å²) in [6, 6.07) is 9.37. The van der Waals surface area contributed by atoms with E-state index in [-0.39, 0.29) is 79.8 Å². The van der Waals surface area contributed by atoms with E-state index < -0.39 is 54.2 Å². The minimum Gasteiger partial charge on any atom is -0.493 e. The number of aliphatic imine (C=N–C) groups is 1. The Balaban J connectivity index is 0.978. The third-order valence-electron chi connectivity index (χ3n) is 13.1. The van der Waals surface area contributed by atoms with E-state index in [0.29, 0.717) is 84.8 Å². The molecule has 0 aliphatic carbocycles. The Bertz CT molecular complexity index is 2640. The van der Waals surface area contributed by atoms with Crippen molar-refractivity contribution in [3.8, 4) is 23.0 Å². The van der Waals surface area contributed by atoms with Gasteiger partial charge in [-0.1, -0.05) is 50.3 Å². The van der Waals surface area contributed by atoms with Crippen LogP contribution in [0.3, 0.4) is 0 Å². The van der Waals surface area contributed by atoms with Crippen molar-refractivity contribution in [3.05, 3.63) is 89.5 Å². The number of fused-ring (bicyclic) bond motifs is 4. The number of rotatable bonds is 21. The standard InChI is InChI=1S/C52H65N9O12/c1-29(2)45(53)47(63)58-37(11-10-16-55-51(54)67)46(62)57-33-14-12-32(13-15-33)28-73-52(68)61-39-24-44(42(70-6)22-36(39)49(65)60-27-31(4)20-40(60)50(61)66)72-18-9-7-8-17-71-43-23-38-35(21-41(43)69-5)48(64)59-26-30(3)19-34(59)25-56-38/h12-15,21-25,29,34,37,40,45,50,66H,3-4,7-11,16-20,26-28,53H2,1-2,5-6H3,(H,57,62)(H,58,63)(H3,54,55,67)/t34-,37?,40-,45?,50-/m0/s1. The maximum Gasteiger partial charge on any atom is 0.416 e. The van der Waals surface area contributed by atoms with Crippen molar-refractivity contribution in [2.45, 2.75) is 95.8 Å². The van der Waals surface area contributed by atoms with Crippen molar-refractivity contribution in [3.63, 3.8) is 0 Å². The summed E-state index contributed by atoms with van der Waals surface area (Å²) >= 11 is 0. The summed E-state index contributed by atoms with van der Waals surface area (Å²) in [4.78, 5) is 87.9. The summed E-state index contributed by atoms with van der Waals surface area (Å²) in [7, 11) is 2.96. The van der Waals surface area contributed by atoms with Gasteiger partial charge in [0.15, 0.2) is 29.2 Å². The van der Waals surface area contributed by atoms with Crippen molar-refractivity contribution in [2.75, 3.05) is 57.3 Å². The minimum atomic E-state index is -1.52. The summed E-state index contributed by atoms with van der Waals surface area (Å²) in [5.41, 5.74) is 14.9. The van der Waals surface area contributed by atoms with Crippen molar-refractivity contribution in [2.24, 2.45) is 22.4 Å². The SMILES string of the molecule is C=C1C[C@H]2C=Nc3cc(OCCCCCOc4cc5c(cc4OC)C(=O)N4CC(=C)C[C@H]4[C@H](O)N5C(=O)OCc4ccc(NC(=O)C(CCCNC(N)=O)NC(=O)C(N)C(C)C)cc4)c(OC)cc3C(=O)N2C1. The number of methoxy groups -OCH3 is 2. The molecule has 0 bridgehead atoms. The van der Waals surface area contributed by atoms with Crippen LogP contribution in [-0.4, -0.2) is 134 Å². The number of nitrogens with one attached hydrogen (secondary N) is 3. The number of anilines is 2. The number of unbranched alkanes of at least 4 members (excludes halogenated alkanes) is 2. The molecule has 2 fully saturated rings. The largest absolute Gasteiger partial charge is 0.493 e. The van der Waals surface area contributed by atoms with Crippen LogP contribution in [0.5, 0.6) is 23.0 Å². The zero-order valence-corrected chi connectivity index (χ0v) is 41.6. The molecule has 3 aromatic carbocycles. The minimum absolute atomic E-state index is 0.0674. The Morgan fingerprint density at radius 2 is 1.45 bits per heavy atom. The van der Waals surface area contributed by atoms with Gasteiger partial charge in [-0.2, -0.15) is 0 Å². The molecule has 21 nitrogen and oxygen atoms in total.